The molecule has 1 unspecified atom stereocenters. The van der Waals surface area contributed by atoms with Gasteiger partial charge in [0.2, 0.25) is 0 Å². The number of guanidine groups is 1. The molecule has 3 rings (SSSR count). The van der Waals surface area contributed by atoms with E-state index in [1.807, 2.05) is 23.8 Å². The zero-order valence-corrected chi connectivity index (χ0v) is 17.7. The molecule has 3 heterocycles. The van der Waals surface area contributed by atoms with Crippen LogP contribution in [0.15, 0.2) is 27.2 Å². The molecule has 8 heteroatoms. The Labute approximate surface area is 169 Å². The summed E-state index contributed by atoms with van der Waals surface area (Å²) in [6.07, 6.45) is 3.40. The molecule has 2 aromatic heterocycles. The van der Waals surface area contributed by atoms with E-state index in [1.54, 1.807) is 29.6 Å². The Morgan fingerprint density at radius 3 is 2.85 bits per heavy atom. The number of anilines is 1. The van der Waals surface area contributed by atoms with Crippen LogP contribution in [0.1, 0.15) is 37.9 Å². The molecule has 6 nitrogen and oxygen atoms in total. The molecular weight excluding hydrogens is 378 g/mol. The van der Waals surface area contributed by atoms with Gasteiger partial charge in [-0.1, -0.05) is 0 Å². The molecule has 0 aliphatic carbocycles. The van der Waals surface area contributed by atoms with E-state index in [0.29, 0.717) is 6.54 Å². The summed E-state index contributed by atoms with van der Waals surface area (Å²) in [6, 6.07) is 1.95. The normalized spacial score (nSPS) is 17.1. The van der Waals surface area contributed by atoms with Crippen molar-refractivity contribution in [3.05, 3.63) is 33.5 Å². The van der Waals surface area contributed by atoms with E-state index < -0.39 is 5.60 Å². The van der Waals surface area contributed by atoms with Crippen molar-refractivity contribution in [2.75, 3.05) is 37.6 Å². The van der Waals surface area contributed by atoms with Crippen molar-refractivity contribution in [2.45, 2.75) is 38.7 Å². The Kier molecular flexibility index (Phi) is 7.09. The molecule has 1 fully saturated rings. The van der Waals surface area contributed by atoms with Gasteiger partial charge < -0.3 is 20.6 Å². The molecule has 1 atom stereocenters. The Morgan fingerprint density at radius 1 is 1.33 bits per heavy atom. The number of thiazole rings is 1. The number of nitrogens with one attached hydrogen (secondary N) is 2. The van der Waals surface area contributed by atoms with E-state index in [-0.39, 0.29) is 0 Å². The van der Waals surface area contributed by atoms with Crippen LogP contribution in [0.5, 0.6) is 0 Å². The average molecular weight is 408 g/mol. The van der Waals surface area contributed by atoms with E-state index in [9.17, 15) is 5.11 Å². The van der Waals surface area contributed by atoms with Gasteiger partial charge in [0.1, 0.15) is 5.60 Å². The van der Waals surface area contributed by atoms with Crippen molar-refractivity contribution in [1.82, 2.24) is 15.6 Å². The zero-order chi connectivity index (χ0) is 19.1. The van der Waals surface area contributed by atoms with Gasteiger partial charge in [0.15, 0.2) is 11.1 Å². The molecule has 0 bridgehead atoms. The number of thiophene rings is 1. The summed E-state index contributed by atoms with van der Waals surface area (Å²) in [7, 11) is 0. The maximum absolute atomic E-state index is 10.6. The van der Waals surface area contributed by atoms with Gasteiger partial charge in [-0.05, 0) is 49.1 Å². The maximum atomic E-state index is 10.6. The first kappa shape index (κ1) is 20.1. The fourth-order valence-corrected chi connectivity index (χ4v) is 4.71. The van der Waals surface area contributed by atoms with Crippen molar-refractivity contribution >= 4 is 33.8 Å². The quantitative estimate of drug-likeness (QED) is 0.464. The largest absolute Gasteiger partial charge is 0.383 e. The van der Waals surface area contributed by atoms with E-state index in [2.05, 4.69) is 25.9 Å². The lowest BCUT2D eigenvalue weighted by molar-refractivity contribution is 0.0677. The third-order valence-corrected chi connectivity index (χ3v) is 6.26. The number of hydrogen-bond donors (Lipinski definition) is 3. The molecule has 1 aliphatic rings. The van der Waals surface area contributed by atoms with Crippen LogP contribution in [0.3, 0.4) is 0 Å². The smallest absolute Gasteiger partial charge is 0.191 e. The van der Waals surface area contributed by atoms with Crippen molar-refractivity contribution in [1.29, 1.82) is 0 Å². The third kappa shape index (κ3) is 5.67. The molecule has 1 aliphatic heterocycles. The second-order valence-corrected chi connectivity index (χ2v) is 8.59. The summed E-state index contributed by atoms with van der Waals surface area (Å²) in [6.45, 7) is 7.96. The van der Waals surface area contributed by atoms with Gasteiger partial charge in [0.25, 0.3) is 0 Å². The van der Waals surface area contributed by atoms with E-state index in [0.717, 1.165) is 54.9 Å². The monoisotopic (exact) mass is 407 g/mol. The van der Waals surface area contributed by atoms with Gasteiger partial charge in [0, 0.05) is 38.0 Å². The predicted octanol–water partition coefficient (Wildman–Crippen LogP) is 2.81. The highest BCUT2D eigenvalue weighted by Crippen LogP contribution is 2.24. The van der Waals surface area contributed by atoms with Crippen LogP contribution >= 0.6 is 22.7 Å². The van der Waals surface area contributed by atoms with Crippen LogP contribution in [0.2, 0.25) is 0 Å². The van der Waals surface area contributed by atoms with Crippen LogP contribution in [-0.2, 0) is 12.0 Å². The highest BCUT2D eigenvalue weighted by molar-refractivity contribution is 7.13. The third-order valence-electron chi connectivity index (χ3n) is 4.62. The first-order valence-corrected chi connectivity index (χ1v) is 11.4. The molecule has 0 aromatic carbocycles. The maximum Gasteiger partial charge on any atom is 0.191 e. The summed E-state index contributed by atoms with van der Waals surface area (Å²) in [5.41, 5.74) is 1.07. The molecule has 148 valence electrons. The Hall–Kier alpha value is -1.64. The van der Waals surface area contributed by atoms with Crippen LogP contribution in [0, 0.1) is 0 Å². The number of aromatic nitrogens is 1. The summed E-state index contributed by atoms with van der Waals surface area (Å²) < 4.78 is 0. The number of aliphatic imine (C=N–C) groups is 1. The minimum Gasteiger partial charge on any atom is -0.383 e. The first-order valence-electron chi connectivity index (χ1n) is 9.55. The molecule has 0 radical (unpaired) electrons. The Morgan fingerprint density at radius 2 is 2.15 bits per heavy atom. The van der Waals surface area contributed by atoms with Crippen LogP contribution in [0.25, 0.3) is 0 Å². The number of rotatable bonds is 8. The Balaban J connectivity index is 1.50. The summed E-state index contributed by atoms with van der Waals surface area (Å²) in [5.74, 6) is 0.725. The van der Waals surface area contributed by atoms with E-state index in [1.165, 1.54) is 12.8 Å². The number of nitrogens with zero attached hydrogens (tertiary/aromatic N) is 3. The highest BCUT2D eigenvalue weighted by atomic mass is 32.1. The van der Waals surface area contributed by atoms with E-state index >= 15 is 0 Å². The molecule has 3 N–H and O–H groups in total. The van der Waals surface area contributed by atoms with Crippen molar-refractivity contribution in [3.63, 3.8) is 0 Å². The summed E-state index contributed by atoms with van der Waals surface area (Å²) in [5, 5.41) is 24.5. The van der Waals surface area contributed by atoms with Gasteiger partial charge in [-0.2, -0.15) is 11.3 Å². The Bertz CT molecular complexity index is 720. The molecule has 0 saturated carbocycles. The van der Waals surface area contributed by atoms with Gasteiger partial charge in [-0.3, -0.25) is 0 Å². The fraction of sp³-hybridized carbons (Fsp3) is 0.579. The molecule has 2 aromatic rings. The van der Waals surface area contributed by atoms with Crippen molar-refractivity contribution in [3.8, 4) is 0 Å². The van der Waals surface area contributed by atoms with Gasteiger partial charge in [-0.25, -0.2) is 9.98 Å². The lowest BCUT2D eigenvalue weighted by Gasteiger charge is -2.21. The van der Waals surface area contributed by atoms with Crippen molar-refractivity contribution in [2.24, 2.45) is 4.99 Å². The topological polar surface area (TPSA) is 72.8 Å². The molecule has 1 saturated heterocycles. The second kappa shape index (κ2) is 9.52. The zero-order valence-electron chi connectivity index (χ0n) is 16.1. The SMILES string of the molecule is CCNC(=NCC(C)(O)c1ccsc1)NCCc1csc(N2CCCC2)n1. The molecular formula is C19H29N5OS2. The predicted molar refractivity (Wildman–Crippen MR) is 115 cm³/mol. The van der Waals surface area contributed by atoms with Crippen molar-refractivity contribution < 1.29 is 5.11 Å². The molecule has 27 heavy (non-hydrogen) atoms. The number of aliphatic hydroxyl groups is 1. The molecule has 0 amide bonds. The van der Waals surface area contributed by atoms with Crippen LogP contribution < -0.4 is 15.5 Å². The summed E-state index contributed by atoms with van der Waals surface area (Å²) in [4.78, 5) is 11.7. The van der Waals surface area contributed by atoms with E-state index in [4.69, 9.17) is 4.98 Å². The highest BCUT2D eigenvalue weighted by Gasteiger charge is 2.23. The fourth-order valence-electron chi connectivity index (χ4n) is 3.01. The van der Waals surface area contributed by atoms with Gasteiger partial charge in [0.05, 0.1) is 12.2 Å². The molecule has 0 spiro atoms. The average Bonchev–Trinajstić information content (AvgIpc) is 3.41. The van der Waals surface area contributed by atoms with Gasteiger partial charge >= 0.3 is 0 Å². The van der Waals surface area contributed by atoms with Crippen LogP contribution in [-0.4, -0.2) is 48.8 Å². The van der Waals surface area contributed by atoms with Crippen LogP contribution in [0.4, 0.5) is 5.13 Å². The number of hydrogen-bond acceptors (Lipinski definition) is 6. The van der Waals surface area contributed by atoms with Gasteiger partial charge in [-0.15, -0.1) is 11.3 Å². The first-order chi connectivity index (χ1) is 13.1. The lowest BCUT2D eigenvalue weighted by Crippen LogP contribution is -2.39. The lowest BCUT2D eigenvalue weighted by atomic mass is 10.00. The standard InChI is InChI=1S/C19H29N5OS2/c1-3-20-17(22-14-19(2,25)15-7-11-26-12-15)21-8-6-16-13-27-18(23-16)24-9-4-5-10-24/h7,11-13,25H,3-6,8-10,14H2,1-2H3,(H2,20,21,22). The summed E-state index contributed by atoms with van der Waals surface area (Å²) >= 11 is 3.32. The second-order valence-electron chi connectivity index (χ2n) is 6.97. The minimum atomic E-state index is -0.956. The minimum absolute atomic E-state index is 0.314.